The van der Waals surface area contributed by atoms with Crippen molar-refractivity contribution in [2.24, 2.45) is 11.8 Å². The first-order valence-corrected chi connectivity index (χ1v) is 26.2. The molecule has 2 aliphatic carbocycles. The highest BCUT2D eigenvalue weighted by molar-refractivity contribution is 5.90. The highest BCUT2D eigenvalue weighted by atomic mass is 16.6. The number of aliphatic hydroxyl groups is 4. The Morgan fingerprint density at radius 3 is 2.47 bits per heavy atom. The maximum absolute atomic E-state index is 15.4. The summed E-state index contributed by atoms with van der Waals surface area (Å²) in [6, 6.07) is 29.2. The molecule has 0 amide bonds. The van der Waals surface area contributed by atoms with Crippen molar-refractivity contribution in [3.63, 3.8) is 0 Å². The zero-order valence-corrected chi connectivity index (χ0v) is 41.6. The summed E-state index contributed by atoms with van der Waals surface area (Å²) in [5.41, 5.74) is 6.10. The van der Waals surface area contributed by atoms with Gasteiger partial charge >= 0.3 is 17.6 Å². The molecule has 5 aromatic rings. The molecule has 12 heteroatoms. The SMILES string of the molecule is C/C(CO)=C1\CCc2ccc3c(c2)CC#CC[C@@]2(C4CCCC4)Oc4ccc5c(CO)c([C@H](CCO)COCO)c(=O)oc5c4[C@@H](OC(=O)C[C@@H]4C[C@@H](c5cccc(Cc6ccccc6)c5)CC[C@H]34)[C@@H]2OC1=O. The van der Waals surface area contributed by atoms with E-state index in [1.807, 2.05) is 6.07 Å². The largest absolute Gasteiger partial charge is 0.481 e. The maximum Gasteiger partial charge on any atom is 0.340 e. The number of carbonyl (C=O) groups is 2. The van der Waals surface area contributed by atoms with Gasteiger partial charge in [-0.2, -0.15) is 0 Å². The highest BCUT2D eigenvalue weighted by Crippen LogP contribution is 2.55. The first-order valence-electron chi connectivity index (χ1n) is 26.2. The lowest BCUT2D eigenvalue weighted by molar-refractivity contribution is -0.201. The number of fused-ring (bicyclic) bond motifs is 9. The van der Waals surface area contributed by atoms with Crippen LogP contribution < -0.4 is 10.4 Å². The van der Waals surface area contributed by atoms with Gasteiger partial charge in [0.2, 0.25) is 0 Å². The van der Waals surface area contributed by atoms with Gasteiger partial charge in [0.05, 0.1) is 31.8 Å². The Morgan fingerprint density at radius 2 is 1.68 bits per heavy atom. The number of rotatable bonds is 12. The van der Waals surface area contributed by atoms with Gasteiger partial charge in [-0.1, -0.05) is 97.5 Å². The first-order chi connectivity index (χ1) is 35.6. The van der Waals surface area contributed by atoms with E-state index < -0.39 is 54.7 Å². The second-order valence-electron chi connectivity index (χ2n) is 20.9. The Balaban J connectivity index is 1.16. The number of aryl methyl sites for hydroxylation is 1. The molecule has 4 N–H and O–H groups in total. The Hall–Kier alpha value is -6.07. The fourth-order valence-corrected chi connectivity index (χ4v) is 13.0. The molecular weight excluding hydrogens is 925 g/mol. The third-order valence-corrected chi connectivity index (χ3v) is 16.7. The maximum atomic E-state index is 15.4. The van der Waals surface area contributed by atoms with Crippen molar-refractivity contribution >= 4 is 22.9 Å². The Bertz CT molecular complexity index is 2990. The molecule has 0 spiro atoms. The van der Waals surface area contributed by atoms with Crippen LogP contribution in [-0.4, -0.2) is 70.7 Å². The molecule has 7 atom stereocenters. The van der Waals surface area contributed by atoms with Gasteiger partial charge in [0.15, 0.2) is 17.8 Å². The second kappa shape index (κ2) is 22.2. The number of hydrogen-bond acceptors (Lipinski definition) is 12. The predicted octanol–water partition coefficient (Wildman–Crippen LogP) is 9.09. The van der Waals surface area contributed by atoms with Crippen molar-refractivity contribution in [1.82, 2.24) is 0 Å². The molecule has 5 bridgehead atoms. The van der Waals surface area contributed by atoms with Crippen LogP contribution in [0.2, 0.25) is 0 Å². The van der Waals surface area contributed by atoms with E-state index in [-0.39, 0.29) is 97.2 Å². The summed E-state index contributed by atoms with van der Waals surface area (Å²) < 4.78 is 32.7. The van der Waals surface area contributed by atoms with Gasteiger partial charge in [0.25, 0.3) is 0 Å². The first kappa shape index (κ1) is 50.5. The van der Waals surface area contributed by atoms with Crippen molar-refractivity contribution < 1.29 is 53.4 Å². The fraction of sp³-hybridized carbons (Fsp3) is 0.459. The lowest BCUT2D eigenvalue weighted by Crippen LogP contribution is -2.60. The summed E-state index contributed by atoms with van der Waals surface area (Å²) in [6.07, 6.45) is 5.37. The fourth-order valence-electron chi connectivity index (χ4n) is 13.0. The van der Waals surface area contributed by atoms with E-state index in [1.165, 1.54) is 16.7 Å². The molecule has 0 unspecified atom stereocenters. The minimum Gasteiger partial charge on any atom is -0.481 e. The smallest absolute Gasteiger partial charge is 0.340 e. The van der Waals surface area contributed by atoms with Gasteiger partial charge in [-0.3, -0.25) is 4.79 Å². The zero-order chi connectivity index (χ0) is 50.6. The molecule has 73 heavy (non-hydrogen) atoms. The molecule has 382 valence electrons. The number of benzene rings is 4. The van der Waals surface area contributed by atoms with Crippen LogP contribution in [0.5, 0.6) is 5.75 Å². The normalized spacial score (nSPS) is 25.2. The van der Waals surface area contributed by atoms with E-state index in [1.54, 1.807) is 19.1 Å². The number of carbonyl (C=O) groups excluding carboxylic acids is 2. The van der Waals surface area contributed by atoms with E-state index in [4.69, 9.17) is 23.4 Å². The number of esters is 2. The number of aliphatic hydroxyl groups excluding tert-OH is 4. The summed E-state index contributed by atoms with van der Waals surface area (Å²) >= 11 is 0. The third kappa shape index (κ3) is 10.2. The Morgan fingerprint density at radius 1 is 0.863 bits per heavy atom. The molecule has 12 nitrogen and oxygen atoms in total. The second-order valence-corrected chi connectivity index (χ2v) is 20.9. The predicted molar refractivity (Wildman–Crippen MR) is 274 cm³/mol. The van der Waals surface area contributed by atoms with E-state index in [2.05, 4.69) is 78.6 Å². The molecule has 2 fully saturated rings. The lowest BCUT2D eigenvalue weighted by Gasteiger charge is -2.49. The van der Waals surface area contributed by atoms with E-state index >= 15 is 9.59 Å². The van der Waals surface area contributed by atoms with Crippen LogP contribution in [0.4, 0.5) is 0 Å². The monoisotopic (exact) mass is 990 g/mol. The van der Waals surface area contributed by atoms with Crippen molar-refractivity contribution in [2.75, 3.05) is 26.6 Å². The van der Waals surface area contributed by atoms with E-state index in [9.17, 15) is 25.2 Å². The summed E-state index contributed by atoms with van der Waals surface area (Å²) in [7, 11) is 0. The van der Waals surface area contributed by atoms with Gasteiger partial charge in [-0.15, -0.1) is 0 Å². The summed E-state index contributed by atoms with van der Waals surface area (Å²) in [6.45, 7) is -0.312. The summed E-state index contributed by atoms with van der Waals surface area (Å²) in [4.78, 5) is 44.9. The third-order valence-electron chi connectivity index (χ3n) is 16.7. The molecule has 3 aliphatic heterocycles. The van der Waals surface area contributed by atoms with Crippen LogP contribution >= 0.6 is 0 Å². The van der Waals surface area contributed by atoms with Crippen LogP contribution in [0.25, 0.3) is 11.0 Å². The van der Waals surface area contributed by atoms with Crippen molar-refractivity contribution in [1.29, 1.82) is 0 Å². The van der Waals surface area contributed by atoms with Crippen LogP contribution in [0, 0.1) is 23.7 Å². The van der Waals surface area contributed by atoms with Crippen LogP contribution in [0.3, 0.4) is 0 Å². The molecule has 2 saturated carbocycles. The molecule has 5 aliphatic rings. The van der Waals surface area contributed by atoms with Crippen molar-refractivity contribution in [3.05, 3.63) is 157 Å². The standard InChI is InChI=1S/C61H66O12/c1-37(33-63)47-20-17-39-18-21-48-43(29-39)13-7-8-26-61(46-15-5-6-16-46)58(72-59(47)67)57(55-52(73-61)24-23-50-51(34-64)54(60(68)71-56(50)55)44(25-27-62)35-69-36-65)70-53(66)32-45-31-42(19-22-49(45)48)41-14-9-12-40(30-41)28-38-10-3-2-4-11-38/h2-4,9-12,14,18,21,23-24,29-30,42,44-46,49,57-58,62-65H,5-6,13,15-17,19-20,22,25-28,31-36H2,1H3/b47-37-/t42-,44+,45-,49-,57+,58-,61-/m0/s1. The molecule has 4 heterocycles. The van der Waals surface area contributed by atoms with Crippen molar-refractivity contribution in [2.45, 2.75) is 139 Å². The minimum atomic E-state index is -1.37. The van der Waals surface area contributed by atoms with Crippen LogP contribution in [0.15, 0.2) is 105 Å². The molecule has 10 rings (SSSR count). The van der Waals surface area contributed by atoms with Gasteiger partial charge in [-0.25, -0.2) is 9.59 Å². The molecule has 0 saturated heterocycles. The average Bonchev–Trinajstić information content (AvgIpc) is 3.96. The van der Waals surface area contributed by atoms with Crippen molar-refractivity contribution in [3.8, 4) is 17.6 Å². The topological polar surface area (TPSA) is 182 Å². The van der Waals surface area contributed by atoms with Gasteiger partial charge in [-0.05, 0) is 139 Å². The molecule has 4 aromatic carbocycles. The summed E-state index contributed by atoms with van der Waals surface area (Å²) in [5, 5.41) is 41.6. The molecular formula is C61H66O12. The van der Waals surface area contributed by atoms with Crippen LogP contribution in [0.1, 0.15) is 151 Å². The van der Waals surface area contributed by atoms with Gasteiger partial charge < -0.3 is 43.8 Å². The van der Waals surface area contributed by atoms with Crippen LogP contribution in [-0.2, 0) is 49.7 Å². The number of ether oxygens (including phenoxy) is 4. The summed E-state index contributed by atoms with van der Waals surface area (Å²) in [5.74, 6) is 5.25. The molecule has 1 aromatic heterocycles. The highest BCUT2D eigenvalue weighted by Gasteiger charge is 2.59. The quantitative estimate of drug-likeness (QED) is 0.0307. The van der Waals surface area contributed by atoms with Gasteiger partial charge in [0, 0.05) is 47.8 Å². The zero-order valence-electron chi connectivity index (χ0n) is 41.6. The Labute approximate surface area is 426 Å². The van der Waals surface area contributed by atoms with Gasteiger partial charge in [0.1, 0.15) is 18.1 Å². The van der Waals surface area contributed by atoms with E-state index in [0.29, 0.717) is 29.4 Å². The lowest BCUT2D eigenvalue weighted by atomic mass is 9.67. The minimum absolute atomic E-state index is 0.000854. The average molecular weight is 991 g/mol. The Kier molecular flexibility index (Phi) is 15.3. The number of hydrogen-bond donors (Lipinski definition) is 4. The molecule has 0 radical (unpaired) electrons. The van der Waals surface area contributed by atoms with E-state index in [0.717, 1.165) is 68.1 Å².